The quantitative estimate of drug-likeness (QED) is 0.830. The van der Waals surface area contributed by atoms with Crippen LogP contribution in [0.2, 0.25) is 0 Å². The van der Waals surface area contributed by atoms with Gasteiger partial charge in [0.2, 0.25) is 10.0 Å². The fraction of sp³-hybridized carbons (Fsp3) is 0.700. The highest BCUT2D eigenvalue weighted by molar-refractivity contribution is 7.89. The second-order valence-electron chi connectivity index (χ2n) is 4.50. The van der Waals surface area contributed by atoms with Crippen LogP contribution in [0.15, 0.2) is 11.1 Å². The predicted octanol–water partition coefficient (Wildman–Crippen LogP) is 1.36. The van der Waals surface area contributed by atoms with Gasteiger partial charge in [0.25, 0.3) is 0 Å². The number of aryl methyl sites for hydroxylation is 1. The lowest BCUT2D eigenvalue weighted by atomic mass is 10.0. The SMILES string of the molecule is Cc1[nH]ncc1S(=O)(=O)N1CCC(Cl)C(C)C1. The van der Waals surface area contributed by atoms with Gasteiger partial charge in [-0.1, -0.05) is 6.92 Å². The first-order valence-electron chi connectivity index (χ1n) is 5.57. The van der Waals surface area contributed by atoms with Gasteiger partial charge in [0.15, 0.2) is 0 Å². The van der Waals surface area contributed by atoms with Gasteiger partial charge in [0, 0.05) is 18.5 Å². The highest BCUT2D eigenvalue weighted by atomic mass is 35.5. The Morgan fingerprint density at radius 3 is 2.82 bits per heavy atom. The molecule has 1 aromatic rings. The lowest BCUT2D eigenvalue weighted by molar-refractivity contribution is 0.286. The molecule has 2 unspecified atom stereocenters. The summed E-state index contributed by atoms with van der Waals surface area (Å²) in [5, 5.41) is 6.47. The van der Waals surface area contributed by atoms with E-state index in [9.17, 15) is 8.42 Å². The zero-order valence-electron chi connectivity index (χ0n) is 9.85. The van der Waals surface area contributed by atoms with E-state index in [1.165, 1.54) is 10.5 Å². The third-order valence-electron chi connectivity index (χ3n) is 3.16. The van der Waals surface area contributed by atoms with Crippen molar-refractivity contribution >= 4 is 21.6 Å². The normalized spacial score (nSPS) is 27.2. The Kier molecular flexibility index (Phi) is 3.47. The Hall–Kier alpha value is -0.590. The first-order valence-corrected chi connectivity index (χ1v) is 7.44. The summed E-state index contributed by atoms with van der Waals surface area (Å²) < 4.78 is 26.2. The largest absolute Gasteiger partial charge is 0.281 e. The standard InChI is InChI=1S/C10H16ClN3O2S/c1-7-6-14(4-3-9(7)11)17(15,16)10-5-12-13-8(10)2/h5,7,9H,3-4,6H2,1-2H3,(H,12,13). The summed E-state index contributed by atoms with van der Waals surface area (Å²) in [7, 11) is -3.42. The number of H-pyrrole nitrogens is 1. The van der Waals surface area contributed by atoms with Crippen LogP contribution in [-0.4, -0.2) is 41.4 Å². The lowest BCUT2D eigenvalue weighted by Gasteiger charge is -2.33. The third kappa shape index (κ3) is 2.34. The van der Waals surface area contributed by atoms with Crippen molar-refractivity contribution in [1.82, 2.24) is 14.5 Å². The van der Waals surface area contributed by atoms with Crippen molar-refractivity contribution in [3.63, 3.8) is 0 Å². The number of rotatable bonds is 2. The van der Waals surface area contributed by atoms with Crippen LogP contribution in [0.25, 0.3) is 0 Å². The zero-order valence-corrected chi connectivity index (χ0v) is 11.4. The van der Waals surface area contributed by atoms with E-state index in [0.717, 1.165) is 0 Å². The second kappa shape index (κ2) is 4.59. The molecule has 1 aromatic heterocycles. The highest BCUT2D eigenvalue weighted by Gasteiger charge is 2.33. The van der Waals surface area contributed by atoms with Crippen molar-refractivity contribution in [1.29, 1.82) is 0 Å². The fourth-order valence-corrected chi connectivity index (χ4v) is 3.89. The van der Waals surface area contributed by atoms with Gasteiger partial charge in [-0.25, -0.2) is 8.42 Å². The molecule has 1 aliphatic rings. The number of nitrogens with one attached hydrogen (secondary N) is 1. The van der Waals surface area contributed by atoms with Crippen LogP contribution < -0.4 is 0 Å². The average molecular weight is 278 g/mol. The molecule has 0 amide bonds. The molecule has 0 aromatic carbocycles. The van der Waals surface area contributed by atoms with Crippen molar-refractivity contribution in [3.8, 4) is 0 Å². The Morgan fingerprint density at radius 2 is 2.29 bits per heavy atom. The highest BCUT2D eigenvalue weighted by Crippen LogP contribution is 2.27. The molecule has 0 aliphatic carbocycles. The van der Waals surface area contributed by atoms with Gasteiger partial charge < -0.3 is 0 Å². The summed E-state index contributed by atoms with van der Waals surface area (Å²) in [4.78, 5) is 0.262. The van der Waals surface area contributed by atoms with Crippen LogP contribution in [-0.2, 0) is 10.0 Å². The van der Waals surface area contributed by atoms with Gasteiger partial charge in [-0.3, -0.25) is 5.10 Å². The molecule has 1 fully saturated rings. The minimum absolute atomic E-state index is 0.0619. The van der Waals surface area contributed by atoms with Crippen LogP contribution in [0.1, 0.15) is 19.0 Å². The predicted molar refractivity (Wildman–Crippen MR) is 65.5 cm³/mol. The van der Waals surface area contributed by atoms with Crippen molar-refractivity contribution in [2.24, 2.45) is 5.92 Å². The molecular formula is C10H16ClN3O2S. The summed E-state index contributed by atoms with van der Waals surface area (Å²) in [6.45, 7) is 4.63. The number of hydrogen-bond donors (Lipinski definition) is 1. The number of aromatic amines is 1. The molecule has 0 saturated carbocycles. The van der Waals surface area contributed by atoms with Gasteiger partial charge in [-0.05, 0) is 19.3 Å². The maximum absolute atomic E-state index is 12.3. The van der Waals surface area contributed by atoms with E-state index in [1.807, 2.05) is 6.92 Å². The molecule has 2 atom stereocenters. The van der Waals surface area contributed by atoms with E-state index in [2.05, 4.69) is 10.2 Å². The maximum Gasteiger partial charge on any atom is 0.246 e. The van der Waals surface area contributed by atoms with Crippen LogP contribution in [0.4, 0.5) is 0 Å². The topological polar surface area (TPSA) is 66.1 Å². The molecule has 1 saturated heterocycles. The number of alkyl halides is 1. The molecule has 2 rings (SSSR count). The molecule has 17 heavy (non-hydrogen) atoms. The molecule has 0 bridgehead atoms. The second-order valence-corrected chi connectivity index (χ2v) is 6.97. The Balaban J connectivity index is 2.26. The van der Waals surface area contributed by atoms with E-state index >= 15 is 0 Å². The van der Waals surface area contributed by atoms with Crippen LogP contribution in [0.5, 0.6) is 0 Å². The summed E-state index contributed by atoms with van der Waals surface area (Å²) in [6.07, 6.45) is 2.06. The Labute approximate surface area is 106 Å². The first kappa shape index (κ1) is 12.9. The van der Waals surface area contributed by atoms with Gasteiger partial charge in [-0.15, -0.1) is 11.6 Å². The minimum atomic E-state index is -3.42. The van der Waals surface area contributed by atoms with Gasteiger partial charge in [0.05, 0.1) is 11.9 Å². The van der Waals surface area contributed by atoms with Gasteiger partial charge >= 0.3 is 0 Å². The summed E-state index contributed by atoms with van der Waals surface area (Å²) >= 11 is 6.10. The minimum Gasteiger partial charge on any atom is -0.281 e. The number of aromatic nitrogens is 2. The summed E-state index contributed by atoms with van der Waals surface area (Å²) in [5.41, 5.74) is 0.575. The zero-order chi connectivity index (χ0) is 12.6. The molecule has 7 heteroatoms. The van der Waals surface area contributed by atoms with Crippen LogP contribution in [0, 0.1) is 12.8 Å². The fourth-order valence-electron chi connectivity index (χ4n) is 2.04. The average Bonchev–Trinajstić information content (AvgIpc) is 2.69. The number of sulfonamides is 1. The molecule has 2 heterocycles. The van der Waals surface area contributed by atoms with Crippen LogP contribution >= 0.6 is 11.6 Å². The van der Waals surface area contributed by atoms with Gasteiger partial charge in [-0.2, -0.15) is 9.40 Å². The number of nitrogens with zero attached hydrogens (tertiary/aromatic N) is 2. The van der Waals surface area contributed by atoms with Crippen molar-refractivity contribution in [3.05, 3.63) is 11.9 Å². The van der Waals surface area contributed by atoms with E-state index in [1.54, 1.807) is 6.92 Å². The third-order valence-corrected chi connectivity index (χ3v) is 5.79. The molecule has 96 valence electrons. The lowest BCUT2D eigenvalue weighted by Crippen LogP contribution is -2.43. The summed E-state index contributed by atoms with van der Waals surface area (Å²) in [6, 6.07) is 0. The molecule has 0 radical (unpaired) electrons. The molecule has 0 spiro atoms. The van der Waals surface area contributed by atoms with E-state index in [4.69, 9.17) is 11.6 Å². The molecule has 1 N–H and O–H groups in total. The van der Waals surface area contributed by atoms with E-state index in [-0.39, 0.29) is 16.2 Å². The molecule has 1 aliphatic heterocycles. The Bertz CT molecular complexity index is 499. The maximum atomic E-state index is 12.3. The molecule has 5 nitrogen and oxygen atoms in total. The number of hydrogen-bond acceptors (Lipinski definition) is 3. The van der Waals surface area contributed by atoms with E-state index in [0.29, 0.717) is 25.2 Å². The summed E-state index contributed by atoms with van der Waals surface area (Å²) in [5.74, 6) is 0.174. The van der Waals surface area contributed by atoms with Crippen molar-refractivity contribution in [2.75, 3.05) is 13.1 Å². The smallest absolute Gasteiger partial charge is 0.246 e. The van der Waals surface area contributed by atoms with Crippen molar-refractivity contribution in [2.45, 2.75) is 30.5 Å². The molecular weight excluding hydrogens is 262 g/mol. The monoisotopic (exact) mass is 277 g/mol. The number of piperidine rings is 1. The first-order chi connectivity index (χ1) is 7.93. The van der Waals surface area contributed by atoms with E-state index < -0.39 is 10.0 Å². The van der Waals surface area contributed by atoms with Crippen LogP contribution in [0.3, 0.4) is 0 Å². The Morgan fingerprint density at radius 1 is 1.59 bits per heavy atom. The van der Waals surface area contributed by atoms with Crippen molar-refractivity contribution < 1.29 is 8.42 Å². The number of halogens is 1. The van der Waals surface area contributed by atoms with Gasteiger partial charge in [0.1, 0.15) is 4.90 Å².